The third-order valence-corrected chi connectivity index (χ3v) is 3.90. The fourth-order valence-electron chi connectivity index (χ4n) is 2.54. The van der Waals surface area contributed by atoms with Crippen LogP contribution in [0.2, 0.25) is 0 Å². The quantitative estimate of drug-likeness (QED) is 0.723. The molecule has 0 fully saturated rings. The van der Waals surface area contributed by atoms with E-state index in [1.165, 1.54) is 11.1 Å². The maximum absolute atomic E-state index is 9.46. The number of aryl methyl sites for hydroxylation is 1. The van der Waals surface area contributed by atoms with Crippen molar-refractivity contribution >= 4 is 0 Å². The van der Waals surface area contributed by atoms with Crippen molar-refractivity contribution in [2.24, 2.45) is 0 Å². The maximum atomic E-state index is 9.46. The molecule has 1 aromatic carbocycles. The van der Waals surface area contributed by atoms with E-state index in [1.54, 1.807) is 0 Å². The zero-order valence-electron chi connectivity index (χ0n) is 10.3. The Kier molecular flexibility index (Phi) is 3.82. The number of hydrogen-bond acceptors (Lipinski definition) is 3. The summed E-state index contributed by atoms with van der Waals surface area (Å²) in [6.45, 7) is 1.93. The fraction of sp³-hybridized carbons (Fsp3) is 0.571. The van der Waals surface area contributed by atoms with Crippen molar-refractivity contribution < 1.29 is 10.2 Å². The van der Waals surface area contributed by atoms with Gasteiger partial charge in [0.2, 0.25) is 0 Å². The molecule has 0 spiro atoms. The molecular formula is C14H21NO2. The standard InChI is InChI=1S/C14H21NO2/c1-2-14(9-16,10-17)15-13-8-7-11-5-3-4-6-12(11)13/h3-6,13,15-17H,2,7-10H2,1H3. The van der Waals surface area contributed by atoms with Gasteiger partial charge in [0.15, 0.2) is 0 Å². The number of rotatable bonds is 5. The molecule has 0 saturated heterocycles. The minimum atomic E-state index is -0.553. The molecule has 1 aromatic rings. The third-order valence-electron chi connectivity index (χ3n) is 3.90. The van der Waals surface area contributed by atoms with Crippen LogP contribution in [0.3, 0.4) is 0 Å². The van der Waals surface area contributed by atoms with Gasteiger partial charge < -0.3 is 15.5 Å². The van der Waals surface area contributed by atoms with Crippen molar-refractivity contribution in [2.45, 2.75) is 37.8 Å². The van der Waals surface area contributed by atoms with Gasteiger partial charge in [-0.1, -0.05) is 31.2 Å². The van der Waals surface area contributed by atoms with E-state index < -0.39 is 5.54 Å². The van der Waals surface area contributed by atoms with E-state index in [4.69, 9.17) is 0 Å². The Morgan fingerprint density at radius 2 is 2.00 bits per heavy atom. The van der Waals surface area contributed by atoms with Crippen molar-refractivity contribution in [3.05, 3.63) is 35.4 Å². The zero-order chi connectivity index (χ0) is 12.3. The lowest BCUT2D eigenvalue weighted by Gasteiger charge is -2.33. The minimum absolute atomic E-state index is 0.0291. The summed E-state index contributed by atoms with van der Waals surface area (Å²) in [6.07, 6.45) is 2.84. The first-order chi connectivity index (χ1) is 8.24. The molecule has 17 heavy (non-hydrogen) atoms. The smallest absolute Gasteiger partial charge is 0.0650 e. The lowest BCUT2D eigenvalue weighted by molar-refractivity contribution is 0.0775. The molecule has 3 nitrogen and oxygen atoms in total. The van der Waals surface area contributed by atoms with Crippen LogP contribution in [0.15, 0.2) is 24.3 Å². The van der Waals surface area contributed by atoms with Crippen LogP contribution in [0.5, 0.6) is 0 Å². The molecule has 0 radical (unpaired) electrons. The second kappa shape index (κ2) is 5.17. The Hall–Kier alpha value is -0.900. The molecule has 1 aliphatic carbocycles. The van der Waals surface area contributed by atoms with Crippen LogP contribution in [0.25, 0.3) is 0 Å². The molecule has 0 aliphatic heterocycles. The Bertz CT molecular complexity index is 366. The van der Waals surface area contributed by atoms with Crippen molar-refractivity contribution in [1.29, 1.82) is 0 Å². The van der Waals surface area contributed by atoms with E-state index in [1.807, 2.05) is 13.0 Å². The van der Waals surface area contributed by atoms with Crippen molar-refractivity contribution in [1.82, 2.24) is 5.32 Å². The summed E-state index contributed by atoms with van der Waals surface area (Å²) in [5.74, 6) is 0. The van der Waals surface area contributed by atoms with E-state index in [9.17, 15) is 10.2 Å². The number of fused-ring (bicyclic) bond motifs is 1. The van der Waals surface area contributed by atoms with Gasteiger partial charge in [0.25, 0.3) is 0 Å². The third kappa shape index (κ3) is 2.37. The van der Waals surface area contributed by atoms with Gasteiger partial charge in [0, 0.05) is 6.04 Å². The van der Waals surface area contributed by atoms with Crippen LogP contribution in [0, 0.1) is 0 Å². The van der Waals surface area contributed by atoms with Gasteiger partial charge >= 0.3 is 0 Å². The topological polar surface area (TPSA) is 52.5 Å². The summed E-state index contributed by atoms with van der Waals surface area (Å²) in [7, 11) is 0. The second-order valence-electron chi connectivity index (χ2n) is 4.88. The Morgan fingerprint density at radius 1 is 1.29 bits per heavy atom. The monoisotopic (exact) mass is 235 g/mol. The first-order valence-corrected chi connectivity index (χ1v) is 6.32. The van der Waals surface area contributed by atoms with Gasteiger partial charge in [0.05, 0.1) is 18.8 Å². The fourth-order valence-corrected chi connectivity index (χ4v) is 2.54. The van der Waals surface area contributed by atoms with Gasteiger partial charge in [-0.15, -0.1) is 0 Å². The van der Waals surface area contributed by atoms with E-state index >= 15 is 0 Å². The molecule has 1 unspecified atom stereocenters. The van der Waals surface area contributed by atoms with Crippen LogP contribution >= 0.6 is 0 Å². The van der Waals surface area contributed by atoms with Gasteiger partial charge in [-0.3, -0.25) is 0 Å². The first-order valence-electron chi connectivity index (χ1n) is 6.32. The van der Waals surface area contributed by atoms with Crippen molar-refractivity contribution in [3.63, 3.8) is 0 Å². The van der Waals surface area contributed by atoms with Crippen LogP contribution in [0.1, 0.15) is 36.9 Å². The molecule has 0 heterocycles. The maximum Gasteiger partial charge on any atom is 0.0650 e. The lowest BCUT2D eigenvalue weighted by atomic mass is 9.95. The summed E-state index contributed by atoms with van der Waals surface area (Å²) in [6, 6.07) is 8.65. The predicted molar refractivity (Wildman–Crippen MR) is 67.8 cm³/mol. The number of aliphatic hydroxyl groups is 2. The molecule has 94 valence electrons. The summed E-state index contributed by atoms with van der Waals surface area (Å²) in [5.41, 5.74) is 2.14. The molecule has 1 atom stereocenters. The highest BCUT2D eigenvalue weighted by Gasteiger charge is 2.32. The number of hydrogen-bond donors (Lipinski definition) is 3. The van der Waals surface area contributed by atoms with Gasteiger partial charge in [0.1, 0.15) is 0 Å². The predicted octanol–water partition coefficient (Wildman–Crippen LogP) is 1.40. The average molecular weight is 235 g/mol. The number of benzene rings is 1. The van der Waals surface area contributed by atoms with E-state index in [2.05, 4.69) is 23.5 Å². The molecule has 3 heteroatoms. The molecular weight excluding hydrogens is 214 g/mol. The van der Waals surface area contributed by atoms with Gasteiger partial charge in [-0.05, 0) is 30.4 Å². The molecule has 3 N–H and O–H groups in total. The molecule has 2 rings (SSSR count). The number of aliphatic hydroxyl groups excluding tert-OH is 2. The van der Waals surface area contributed by atoms with Crippen molar-refractivity contribution in [2.75, 3.05) is 13.2 Å². The molecule has 0 bridgehead atoms. The summed E-state index contributed by atoms with van der Waals surface area (Å²) < 4.78 is 0. The lowest BCUT2D eigenvalue weighted by Crippen LogP contribution is -2.52. The van der Waals surface area contributed by atoms with Crippen LogP contribution in [-0.4, -0.2) is 29.0 Å². The summed E-state index contributed by atoms with van der Waals surface area (Å²) in [5, 5.41) is 22.4. The van der Waals surface area contributed by atoms with Gasteiger partial charge in [-0.2, -0.15) is 0 Å². The average Bonchev–Trinajstić information content (AvgIpc) is 2.79. The number of nitrogens with one attached hydrogen (secondary N) is 1. The zero-order valence-corrected chi connectivity index (χ0v) is 10.3. The highest BCUT2D eigenvalue weighted by Crippen LogP contribution is 2.32. The summed E-state index contributed by atoms with van der Waals surface area (Å²) >= 11 is 0. The second-order valence-corrected chi connectivity index (χ2v) is 4.88. The SMILES string of the molecule is CCC(CO)(CO)NC1CCc2ccccc21. The summed E-state index contributed by atoms with van der Waals surface area (Å²) in [4.78, 5) is 0. The molecule has 0 aromatic heterocycles. The van der Waals surface area contributed by atoms with Crippen LogP contribution in [0.4, 0.5) is 0 Å². The molecule has 0 amide bonds. The first kappa shape index (κ1) is 12.6. The highest BCUT2D eigenvalue weighted by atomic mass is 16.3. The molecule has 0 saturated carbocycles. The Morgan fingerprint density at radius 3 is 2.65 bits per heavy atom. The van der Waals surface area contributed by atoms with Crippen LogP contribution in [-0.2, 0) is 6.42 Å². The largest absolute Gasteiger partial charge is 0.394 e. The molecule has 1 aliphatic rings. The normalized spacial score (nSPS) is 19.4. The minimum Gasteiger partial charge on any atom is -0.394 e. The van der Waals surface area contributed by atoms with Crippen molar-refractivity contribution in [3.8, 4) is 0 Å². The van der Waals surface area contributed by atoms with E-state index in [0.29, 0.717) is 0 Å². The Labute approximate surface area is 102 Å². The van der Waals surface area contributed by atoms with Gasteiger partial charge in [-0.25, -0.2) is 0 Å². The van der Waals surface area contributed by atoms with Crippen LogP contribution < -0.4 is 5.32 Å². The Balaban J connectivity index is 2.16. The van der Waals surface area contributed by atoms with E-state index in [-0.39, 0.29) is 19.3 Å². The highest BCUT2D eigenvalue weighted by molar-refractivity contribution is 5.34. The van der Waals surface area contributed by atoms with E-state index in [0.717, 1.165) is 19.3 Å².